The molecule has 4 heterocycles. The Morgan fingerprint density at radius 3 is 2.64 bits per heavy atom. The van der Waals surface area contributed by atoms with Gasteiger partial charge in [0.25, 0.3) is 11.5 Å². The minimum absolute atomic E-state index is 0.242. The number of carbonyl (C=O) groups is 1. The van der Waals surface area contributed by atoms with Crippen LogP contribution in [0.1, 0.15) is 33.1 Å². The van der Waals surface area contributed by atoms with E-state index < -0.39 is 0 Å². The summed E-state index contributed by atoms with van der Waals surface area (Å²) in [6.07, 6.45) is 1.79. The summed E-state index contributed by atoms with van der Waals surface area (Å²) in [5.74, 6) is 0.314. The lowest BCUT2D eigenvalue weighted by atomic mass is 10.3. The topological polar surface area (TPSA) is 110 Å². The molecule has 0 atom stereocenters. The van der Waals surface area contributed by atoms with Gasteiger partial charge in [-0.1, -0.05) is 6.07 Å². The number of H-pyrrole nitrogens is 1. The Bertz CT molecular complexity index is 1280. The number of rotatable bonds is 3. The van der Waals surface area contributed by atoms with E-state index >= 15 is 0 Å². The Labute approximate surface area is 160 Å². The summed E-state index contributed by atoms with van der Waals surface area (Å²) in [4.78, 5) is 36.6. The summed E-state index contributed by atoms with van der Waals surface area (Å²) in [5.41, 5.74) is 3.31. The molecular formula is C19H19N7O2. The van der Waals surface area contributed by atoms with Gasteiger partial charge < -0.3 is 5.32 Å². The fourth-order valence-corrected chi connectivity index (χ4v) is 3.04. The number of amides is 1. The molecule has 2 N–H and O–H groups in total. The van der Waals surface area contributed by atoms with Gasteiger partial charge in [-0.2, -0.15) is 9.78 Å². The Morgan fingerprint density at radius 1 is 1.11 bits per heavy atom. The molecule has 28 heavy (non-hydrogen) atoms. The van der Waals surface area contributed by atoms with Crippen LogP contribution < -0.4 is 10.9 Å². The van der Waals surface area contributed by atoms with Crippen molar-refractivity contribution in [3.8, 4) is 5.95 Å². The van der Waals surface area contributed by atoms with Gasteiger partial charge in [0.15, 0.2) is 0 Å². The van der Waals surface area contributed by atoms with Gasteiger partial charge in [0.05, 0.1) is 11.4 Å². The summed E-state index contributed by atoms with van der Waals surface area (Å²) < 4.78 is 3.15. The van der Waals surface area contributed by atoms with Crippen LogP contribution in [0.25, 0.3) is 11.6 Å². The molecule has 0 saturated heterocycles. The molecule has 0 bridgehead atoms. The smallest absolute Gasteiger partial charge is 0.275 e. The van der Waals surface area contributed by atoms with Gasteiger partial charge in [0, 0.05) is 23.5 Å². The number of imidazole rings is 1. The first-order valence-electron chi connectivity index (χ1n) is 8.74. The first-order chi connectivity index (χ1) is 13.3. The van der Waals surface area contributed by atoms with Crippen molar-refractivity contribution in [1.82, 2.24) is 29.1 Å². The number of nitrogens with zero attached hydrogens (tertiary/aromatic N) is 5. The average Bonchev–Trinajstić information content (AvgIpc) is 3.17. The molecule has 0 aromatic carbocycles. The van der Waals surface area contributed by atoms with Gasteiger partial charge >= 0.3 is 0 Å². The number of hydrogen-bond donors (Lipinski definition) is 2. The quantitative estimate of drug-likeness (QED) is 0.568. The Morgan fingerprint density at radius 2 is 1.89 bits per heavy atom. The Kier molecular flexibility index (Phi) is 4.07. The second-order valence-corrected chi connectivity index (χ2v) is 6.61. The zero-order chi connectivity index (χ0) is 20.0. The minimum Gasteiger partial charge on any atom is -0.305 e. The monoisotopic (exact) mass is 377 g/mol. The van der Waals surface area contributed by atoms with Crippen LogP contribution in [0.3, 0.4) is 0 Å². The third-order valence-electron chi connectivity index (χ3n) is 4.58. The maximum Gasteiger partial charge on any atom is 0.275 e. The third-order valence-corrected chi connectivity index (χ3v) is 4.58. The molecule has 0 spiro atoms. The third kappa shape index (κ3) is 2.86. The number of pyridine rings is 1. The van der Waals surface area contributed by atoms with Crippen LogP contribution in [-0.4, -0.2) is 35.0 Å². The SMILES string of the molecule is Cc1cc(NC(=O)c2c(C)nc3ccccn23)n(-c2nc(C)c(C)c(=O)[nH]2)n1. The molecule has 4 aromatic heterocycles. The van der Waals surface area contributed by atoms with E-state index in [1.54, 1.807) is 44.4 Å². The van der Waals surface area contributed by atoms with Gasteiger partial charge in [0.2, 0.25) is 5.95 Å². The van der Waals surface area contributed by atoms with Gasteiger partial charge in [-0.05, 0) is 39.8 Å². The van der Waals surface area contributed by atoms with E-state index in [4.69, 9.17) is 0 Å². The van der Waals surface area contributed by atoms with Crippen LogP contribution >= 0.6 is 0 Å². The van der Waals surface area contributed by atoms with Crippen LogP contribution in [-0.2, 0) is 0 Å². The number of anilines is 1. The van der Waals surface area contributed by atoms with Crippen molar-refractivity contribution < 1.29 is 4.79 Å². The second kappa shape index (κ2) is 6.45. The van der Waals surface area contributed by atoms with Crippen molar-refractivity contribution in [3.05, 3.63) is 69.2 Å². The van der Waals surface area contributed by atoms with Crippen LogP contribution in [0.15, 0.2) is 35.3 Å². The van der Waals surface area contributed by atoms with Crippen LogP contribution in [0.4, 0.5) is 5.82 Å². The van der Waals surface area contributed by atoms with Gasteiger partial charge in [0.1, 0.15) is 17.2 Å². The molecular weight excluding hydrogens is 358 g/mol. The van der Waals surface area contributed by atoms with E-state index in [1.807, 2.05) is 18.2 Å². The summed E-state index contributed by atoms with van der Waals surface area (Å²) in [6, 6.07) is 7.25. The van der Waals surface area contributed by atoms with Gasteiger partial charge in [-0.15, -0.1) is 0 Å². The molecule has 0 aliphatic heterocycles. The summed E-state index contributed by atoms with van der Waals surface area (Å²) in [7, 11) is 0. The van der Waals surface area contributed by atoms with E-state index in [2.05, 4.69) is 25.4 Å². The maximum atomic E-state index is 13.0. The molecule has 9 nitrogen and oxygen atoms in total. The molecule has 1 amide bonds. The van der Waals surface area contributed by atoms with Crippen LogP contribution in [0.2, 0.25) is 0 Å². The zero-order valence-corrected chi connectivity index (χ0v) is 15.9. The molecule has 0 saturated carbocycles. The maximum absolute atomic E-state index is 13.0. The predicted molar refractivity (Wildman–Crippen MR) is 104 cm³/mol. The lowest BCUT2D eigenvalue weighted by molar-refractivity contribution is 0.102. The number of aryl methyl sites for hydroxylation is 3. The molecule has 9 heteroatoms. The minimum atomic E-state index is -0.330. The highest BCUT2D eigenvalue weighted by atomic mass is 16.2. The standard InChI is InChI=1S/C19H19N7O2/c1-10-9-15(26(24-10)19-21-12(3)11(2)17(27)23-19)22-18(28)16-13(4)20-14-7-5-6-8-25(14)16/h5-9H,1-4H3,(H,22,28)(H,21,23,27). The fraction of sp³-hybridized carbons (Fsp3) is 0.211. The number of nitrogens with one attached hydrogen (secondary N) is 2. The zero-order valence-electron chi connectivity index (χ0n) is 15.9. The second-order valence-electron chi connectivity index (χ2n) is 6.61. The summed E-state index contributed by atoms with van der Waals surface area (Å²) in [6.45, 7) is 7.04. The first kappa shape index (κ1) is 17.7. The van der Waals surface area contributed by atoms with E-state index in [0.29, 0.717) is 39.8 Å². The van der Waals surface area contributed by atoms with E-state index in [1.165, 1.54) is 4.68 Å². The van der Waals surface area contributed by atoms with Crippen molar-refractivity contribution in [2.24, 2.45) is 0 Å². The normalized spacial score (nSPS) is 11.1. The molecule has 0 unspecified atom stereocenters. The van der Waals surface area contributed by atoms with Crippen LogP contribution in [0, 0.1) is 27.7 Å². The molecule has 0 radical (unpaired) electrons. The van der Waals surface area contributed by atoms with Crippen molar-refractivity contribution in [1.29, 1.82) is 0 Å². The Balaban J connectivity index is 1.76. The summed E-state index contributed by atoms with van der Waals surface area (Å²) in [5, 5.41) is 7.22. The highest BCUT2D eigenvalue weighted by Gasteiger charge is 2.20. The average molecular weight is 377 g/mol. The largest absolute Gasteiger partial charge is 0.305 e. The molecule has 4 rings (SSSR count). The molecule has 4 aromatic rings. The highest BCUT2D eigenvalue weighted by Crippen LogP contribution is 2.18. The number of carbonyl (C=O) groups excluding carboxylic acids is 1. The Hall–Kier alpha value is -3.75. The van der Waals surface area contributed by atoms with Crippen molar-refractivity contribution in [2.45, 2.75) is 27.7 Å². The number of aromatic nitrogens is 6. The lowest BCUT2D eigenvalue weighted by Gasteiger charge is -2.09. The van der Waals surface area contributed by atoms with Gasteiger partial charge in [-0.25, -0.2) is 9.97 Å². The van der Waals surface area contributed by atoms with E-state index in [-0.39, 0.29) is 17.4 Å². The highest BCUT2D eigenvalue weighted by molar-refractivity contribution is 6.04. The van der Waals surface area contributed by atoms with Crippen LogP contribution in [0.5, 0.6) is 0 Å². The number of aromatic amines is 1. The van der Waals surface area contributed by atoms with Crippen molar-refractivity contribution in [3.63, 3.8) is 0 Å². The van der Waals surface area contributed by atoms with Crippen molar-refractivity contribution in [2.75, 3.05) is 5.32 Å². The lowest BCUT2D eigenvalue weighted by Crippen LogP contribution is -2.21. The number of hydrogen-bond acceptors (Lipinski definition) is 5. The predicted octanol–water partition coefficient (Wildman–Crippen LogP) is 2.09. The number of fused-ring (bicyclic) bond motifs is 1. The fourth-order valence-electron chi connectivity index (χ4n) is 3.04. The molecule has 0 aliphatic rings. The molecule has 142 valence electrons. The van der Waals surface area contributed by atoms with Crippen molar-refractivity contribution >= 4 is 17.4 Å². The molecule has 0 fully saturated rings. The first-order valence-corrected chi connectivity index (χ1v) is 8.74. The van der Waals surface area contributed by atoms with E-state index in [9.17, 15) is 9.59 Å². The van der Waals surface area contributed by atoms with Gasteiger partial charge in [-0.3, -0.25) is 19.0 Å². The molecule has 0 aliphatic carbocycles. The summed E-state index contributed by atoms with van der Waals surface area (Å²) >= 11 is 0. The van der Waals surface area contributed by atoms with E-state index in [0.717, 1.165) is 0 Å².